The predicted molar refractivity (Wildman–Crippen MR) is 52.8 cm³/mol. The van der Waals surface area contributed by atoms with Gasteiger partial charge in [-0.2, -0.15) is 0 Å². The van der Waals surface area contributed by atoms with Crippen LogP contribution in [0.4, 0.5) is 0 Å². The third kappa shape index (κ3) is 5.53. The van der Waals surface area contributed by atoms with Crippen LogP contribution in [-0.4, -0.2) is 38.1 Å². The lowest BCUT2D eigenvalue weighted by atomic mass is 10.3. The Balaban J connectivity index is 3.70. The van der Waals surface area contributed by atoms with E-state index < -0.39 is 6.04 Å². The van der Waals surface area contributed by atoms with Crippen LogP contribution in [0.2, 0.25) is 0 Å². The number of nitrogens with one attached hydrogen (secondary N) is 2. The molecule has 0 spiro atoms. The van der Waals surface area contributed by atoms with Crippen molar-refractivity contribution in [2.24, 2.45) is 0 Å². The molecule has 0 aliphatic heterocycles. The molecule has 82 valence electrons. The number of hydrogen-bond donors (Lipinski definition) is 2. The maximum absolute atomic E-state index is 11.3. The highest BCUT2D eigenvalue weighted by atomic mass is 16.5. The number of carbonyl (C=O) groups is 2. The summed E-state index contributed by atoms with van der Waals surface area (Å²) >= 11 is 0. The highest BCUT2D eigenvalue weighted by Crippen LogP contribution is 1.84. The van der Waals surface area contributed by atoms with Gasteiger partial charge in [-0.15, -0.1) is 0 Å². The lowest BCUT2D eigenvalue weighted by molar-refractivity contribution is -0.128. The Bertz CT molecular complexity index is 194. The summed E-state index contributed by atoms with van der Waals surface area (Å²) in [5, 5.41) is 5.20. The van der Waals surface area contributed by atoms with Crippen molar-refractivity contribution in [3.05, 3.63) is 0 Å². The first-order valence-corrected chi connectivity index (χ1v) is 4.67. The number of methoxy groups -OCH3 is 1. The molecule has 0 aromatic carbocycles. The standard InChI is InChI=1S/C9H18N2O3/c1-4-8(12)11-7(2)9(13)10-5-6-14-3/h7H,4-6H2,1-3H3,(H,10,13)(H,11,12). The zero-order valence-corrected chi connectivity index (χ0v) is 8.92. The van der Waals surface area contributed by atoms with E-state index in [2.05, 4.69) is 10.6 Å². The van der Waals surface area contributed by atoms with E-state index in [-0.39, 0.29) is 11.8 Å². The molecule has 0 heterocycles. The molecule has 0 bridgehead atoms. The van der Waals surface area contributed by atoms with Gasteiger partial charge in [0, 0.05) is 20.1 Å². The fourth-order valence-electron chi connectivity index (χ4n) is 0.838. The summed E-state index contributed by atoms with van der Waals surface area (Å²) in [6, 6.07) is -0.487. The Hall–Kier alpha value is -1.10. The Morgan fingerprint density at radius 3 is 2.57 bits per heavy atom. The van der Waals surface area contributed by atoms with E-state index in [1.54, 1.807) is 21.0 Å². The SMILES string of the molecule is CCC(=O)NC(C)C(=O)NCCOC. The van der Waals surface area contributed by atoms with Gasteiger partial charge in [0.2, 0.25) is 11.8 Å². The summed E-state index contributed by atoms with van der Waals surface area (Å²) < 4.78 is 4.77. The van der Waals surface area contributed by atoms with E-state index in [4.69, 9.17) is 4.74 Å². The molecule has 0 aromatic heterocycles. The van der Waals surface area contributed by atoms with Crippen LogP contribution in [0.15, 0.2) is 0 Å². The monoisotopic (exact) mass is 202 g/mol. The molecule has 2 N–H and O–H groups in total. The highest BCUT2D eigenvalue weighted by Gasteiger charge is 2.13. The van der Waals surface area contributed by atoms with Crippen molar-refractivity contribution in [2.45, 2.75) is 26.3 Å². The fraction of sp³-hybridized carbons (Fsp3) is 0.778. The summed E-state index contributed by atoms with van der Waals surface area (Å²) in [5.74, 6) is -0.316. The quantitative estimate of drug-likeness (QED) is 0.579. The summed E-state index contributed by atoms with van der Waals surface area (Å²) in [7, 11) is 1.56. The van der Waals surface area contributed by atoms with Gasteiger partial charge < -0.3 is 15.4 Å². The maximum atomic E-state index is 11.3. The molecule has 0 saturated heterocycles. The second-order valence-corrected chi connectivity index (χ2v) is 2.93. The first-order valence-electron chi connectivity index (χ1n) is 4.67. The lowest BCUT2D eigenvalue weighted by Crippen LogP contribution is -2.45. The van der Waals surface area contributed by atoms with E-state index in [1.807, 2.05) is 0 Å². The fourth-order valence-corrected chi connectivity index (χ4v) is 0.838. The van der Waals surface area contributed by atoms with Crippen LogP contribution in [0, 0.1) is 0 Å². The lowest BCUT2D eigenvalue weighted by Gasteiger charge is -2.13. The van der Waals surface area contributed by atoms with Gasteiger partial charge in [-0.05, 0) is 6.92 Å². The molecule has 5 heteroatoms. The van der Waals surface area contributed by atoms with Gasteiger partial charge in [-0.25, -0.2) is 0 Å². The second kappa shape index (κ2) is 7.32. The normalized spacial score (nSPS) is 11.9. The molecule has 1 unspecified atom stereocenters. The number of carbonyl (C=O) groups excluding carboxylic acids is 2. The zero-order valence-electron chi connectivity index (χ0n) is 8.92. The van der Waals surface area contributed by atoms with E-state index in [0.29, 0.717) is 19.6 Å². The van der Waals surface area contributed by atoms with E-state index in [1.165, 1.54) is 0 Å². The Morgan fingerprint density at radius 1 is 1.43 bits per heavy atom. The van der Waals surface area contributed by atoms with Crippen molar-refractivity contribution in [1.29, 1.82) is 0 Å². The number of rotatable bonds is 6. The van der Waals surface area contributed by atoms with Crippen LogP contribution in [-0.2, 0) is 14.3 Å². The topological polar surface area (TPSA) is 67.4 Å². The van der Waals surface area contributed by atoms with Gasteiger partial charge in [0.05, 0.1) is 6.61 Å². The Morgan fingerprint density at radius 2 is 2.07 bits per heavy atom. The molecular formula is C9H18N2O3. The molecule has 0 aliphatic carbocycles. The van der Waals surface area contributed by atoms with Crippen molar-refractivity contribution in [1.82, 2.24) is 10.6 Å². The third-order valence-corrected chi connectivity index (χ3v) is 1.70. The largest absolute Gasteiger partial charge is 0.383 e. The molecule has 0 radical (unpaired) electrons. The minimum Gasteiger partial charge on any atom is -0.383 e. The van der Waals surface area contributed by atoms with Crippen LogP contribution < -0.4 is 10.6 Å². The smallest absolute Gasteiger partial charge is 0.242 e. The number of hydrogen-bond acceptors (Lipinski definition) is 3. The third-order valence-electron chi connectivity index (χ3n) is 1.70. The molecule has 0 aromatic rings. The van der Waals surface area contributed by atoms with E-state index >= 15 is 0 Å². The van der Waals surface area contributed by atoms with Crippen LogP contribution >= 0.6 is 0 Å². The molecule has 0 rings (SSSR count). The molecule has 14 heavy (non-hydrogen) atoms. The highest BCUT2D eigenvalue weighted by molar-refractivity contribution is 5.87. The van der Waals surface area contributed by atoms with Crippen molar-refractivity contribution >= 4 is 11.8 Å². The average Bonchev–Trinajstić information content (AvgIpc) is 2.17. The molecule has 5 nitrogen and oxygen atoms in total. The van der Waals surface area contributed by atoms with Gasteiger partial charge in [0.1, 0.15) is 6.04 Å². The minimum absolute atomic E-state index is 0.126. The van der Waals surface area contributed by atoms with Crippen molar-refractivity contribution in [3.63, 3.8) is 0 Å². The first-order chi connectivity index (χ1) is 6.61. The average molecular weight is 202 g/mol. The van der Waals surface area contributed by atoms with Crippen molar-refractivity contribution in [2.75, 3.05) is 20.3 Å². The van der Waals surface area contributed by atoms with Crippen LogP contribution in [0.25, 0.3) is 0 Å². The van der Waals surface area contributed by atoms with E-state index in [0.717, 1.165) is 0 Å². The number of amides is 2. The predicted octanol–water partition coefficient (Wildman–Crippen LogP) is -0.336. The minimum atomic E-state index is -0.487. The Labute approximate surface area is 84.2 Å². The summed E-state index contributed by atoms with van der Waals surface area (Å²) in [5.41, 5.74) is 0. The molecule has 2 amide bonds. The maximum Gasteiger partial charge on any atom is 0.242 e. The zero-order chi connectivity index (χ0) is 11.0. The van der Waals surface area contributed by atoms with Gasteiger partial charge in [0.15, 0.2) is 0 Å². The molecular weight excluding hydrogens is 184 g/mol. The van der Waals surface area contributed by atoms with Crippen molar-refractivity contribution in [3.8, 4) is 0 Å². The van der Waals surface area contributed by atoms with E-state index in [9.17, 15) is 9.59 Å². The van der Waals surface area contributed by atoms with Crippen molar-refractivity contribution < 1.29 is 14.3 Å². The molecule has 1 atom stereocenters. The van der Waals surface area contributed by atoms with Gasteiger partial charge in [0.25, 0.3) is 0 Å². The second-order valence-electron chi connectivity index (χ2n) is 2.93. The molecule has 0 fully saturated rings. The summed E-state index contributed by atoms with van der Waals surface area (Å²) in [6.07, 6.45) is 0.385. The van der Waals surface area contributed by atoms with Crippen LogP contribution in [0.3, 0.4) is 0 Å². The van der Waals surface area contributed by atoms with Gasteiger partial charge >= 0.3 is 0 Å². The molecule has 0 saturated carbocycles. The van der Waals surface area contributed by atoms with Gasteiger partial charge in [-0.3, -0.25) is 9.59 Å². The summed E-state index contributed by atoms with van der Waals surface area (Å²) in [4.78, 5) is 22.2. The summed E-state index contributed by atoms with van der Waals surface area (Å²) in [6.45, 7) is 4.32. The van der Waals surface area contributed by atoms with Crippen LogP contribution in [0.5, 0.6) is 0 Å². The van der Waals surface area contributed by atoms with Crippen LogP contribution in [0.1, 0.15) is 20.3 Å². The molecule has 0 aliphatic rings. The van der Waals surface area contributed by atoms with Gasteiger partial charge in [-0.1, -0.05) is 6.92 Å². The number of ether oxygens (including phenoxy) is 1. The Kier molecular flexibility index (Phi) is 6.74. The first kappa shape index (κ1) is 12.9.